The van der Waals surface area contributed by atoms with Crippen molar-refractivity contribution < 1.29 is 0 Å². The van der Waals surface area contributed by atoms with Gasteiger partial charge in [0.25, 0.3) is 0 Å². The zero-order valence-electron chi connectivity index (χ0n) is 9.39. The number of benzene rings is 1. The Kier molecular flexibility index (Phi) is 2.48. The fourth-order valence-corrected chi connectivity index (χ4v) is 2.27. The molecule has 0 aliphatic heterocycles. The summed E-state index contributed by atoms with van der Waals surface area (Å²) in [6, 6.07) is 12.4. The van der Waals surface area contributed by atoms with Gasteiger partial charge in [-0.05, 0) is 36.8 Å². The van der Waals surface area contributed by atoms with Gasteiger partial charge in [0.1, 0.15) is 5.65 Å². The van der Waals surface area contributed by atoms with Crippen molar-refractivity contribution in [3.63, 3.8) is 0 Å². The lowest BCUT2D eigenvalue weighted by Crippen LogP contribution is -1.81. The van der Waals surface area contributed by atoms with Crippen molar-refractivity contribution in [2.24, 2.45) is 0 Å². The second kappa shape index (κ2) is 4.00. The van der Waals surface area contributed by atoms with Gasteiger partial charge in [0.2, 0.25) is 0 Å². The number of rotatable bonds is 1. The summed E-state index contributed by atoms with van der Waals surface area (Å²) >= 11 is 3.48. The van der Waals surface area contributed by atoms with Crippen molar-refractivity contribution in [3.05, 3.63) is 58.8 Å². The number of imidazole rings is 1. The normalized spacial score (nSPS) is 10.9. The third-order valence-corrected chi connectivity index (χ3v) is 3.23. The molecule has 0 radical (unpaired) electrons. The predicted octanol–water partition coefficient (Wildman–Crippen LogP) is 4.07. The number of nitrogens with zero attached hydrogens (tertiary/aromatic N) is 2. The van der Waals surface area contributed by atoms with Crippen molar-refractivity contribution in [1.29, 1.82) is 0 Å². The molecule has 84 valence electrons. The number of hydrogen-bond donors (Lipinski definition) is 0. The lowest BCUT2D eigenvalue weighted by molar-refractivity contribution is 1.17. The van der Waals surface area contributed by atoms with Crippen LogP contribution in [0.25, 0.3) is 16.9 Å². The number of aryl methyl sites for hydroxylation is 1. The quantitative estimate of drug-likeness (QED) is 0.659. The topological polar surface area (TPSA) is 17.3 Å². The number of aromatic nitrogens is 2. The van der Waals surface area contributed by atoms with Crippen LogP contribution < -0.4 is 0 Å². The fraction of sp³-hybridized carbons (Fsp3) is 0.0714. The maximum atomic E-state index is 4.63. The summed E-state index contributed by atoms with van der Waals surface area (Å²) in [5, 5.41) is 0. The van der Waals surface area contributed by atoms with E-state index in [1.54, 1.807) is 0 Å². The van der Waals surface area contributed by atoms with Crippen LogP contribution in [-0.4, -0.2) is 9.38 Å². The average Bonchev–Trinajstić information content (AvgIpc) is 2.72. The van der Waals surface area contributed by atoms with Crippen LogP contribution in [0.4, 0.5) is 0 Å². The molecule has 3 rings (SSSR count). The van der Waals surface area contributed by atoms with Gasteiger partial charge >= 0.3 is 0 Å². The van der Waals surface area contributed by atoms with Crippen LogP contribution in [0.3, 0.4) is 0 Å². The van der Waals surface area contributed by atoms with E-state index in [0.29, 0.717) is 0 Å². The molecule has 0 saturated carbocycles. The Morgan fingerprint density at radius 2 is 2.06 bits per heavy atom. The second-order valence-corrected chi connectivity index (χ2v) is 5.02. The Morgan fingerprint density at radius 1 is 1.18 bits per heavy atom. The lowest BCUT2D eigenvalue weighted by atomic mass is 10.2. The molecule has 2 heterocycles. The molecule has 0 fully saturated rings. The molecule has 0 aliphatic carbocycles. The third-order valence-electron chi connectivity index (χ3n) is 2.74. The van der Waals surface area contributed by atoms with Gasteiger partial charge in [-0.3, -0.25) is 0 Å². The molecule has 0 amide bonds. The molecule has 0 aliphatic rings. The van der Waals surface area contributed by atoms with E-state index in [1.165, 1.54) is 5.56 Å². The molecule has 0 saturated heterocycles. The molecule has 0 atom stereocenters. The maximum Gasteiger partial charge on any atom is 0.137 e. The molecule has 0 N–H and O–H groups in total. The van der Waals surface area contributed by atoms with Gasteiger partial charge in [-0.1, -0.05) is 28.1 Å². The fourth-order valence-electron chi connectivity index (χ4n) is 1.87. The van der Waals surface area contributed by atoms with Crippen LogP contribution in [0.15, 0.2) is 53.3 Å². The van der Waals surface area contributed by atoms with Gasteiger partial charge in [-0.15, -0.1) is 0 Å². The molecule has 2 nitrogen and oxygen atoms in total. The Morgan fingerprint density at radius 3 is 2.88 bits per heavy atom. The van der Waals surface area contributed by atoms with Gasteiger partial charge in [-0.25, -0.2) is 4.98 Å². The molecule has 3 aromatic rings. The van der Waals surface area contributed by atoms with Crippen LogP contribution in [0.5, 0.6) is 0 Å². The Hall–Kier alpha value is -1.61. The van der Waals surface area contributed by atoms with Crippen LogP contribution in [-0.2, 0) is 0 Å². The van der Waals surface area contributed by atoms with Crippen molar-refractivity contribution in [2.75, 3.05) is 0 Å². The Labute approximate surface area is 108 Å². The SMILES string of the molecule is Cc1ccn2cc(-c3cccc(Br)c3)nc2c1. The monoisotopic (exact) mass is 286 g/mol. The van der Waals surface area contributed by atoms with Gasteiger partial charge in [0.05, 0.1) is 5.69 Å². The Bertz CT molecular complexity index is 686. The van der Waals surface area contributed by atoms with Gasteiger partial charge in [0.15, 0.2) is 0 Å². The highest BCUT2D eigenvalue weighted by atomic mass is 79.9. The zero-order chi connectivity index (χ0) is 11.8. The standard InChI is InChI=1S/C14H11BrN2/c1-10-5-6-17-9-13(16-14(17)7-10)11-3-2-4-12(15)8-11/h2-9H,1H3. The smallest absolute Gasteiger partial charge is 0.137 e. The first kappa shape index (κ1) is 10.5. The number of halogens is 1. The van der Waals surface area contributed by atoms with E-state index in [-0.39, 0.29) is 0 Å². The third kappa shape index (κ3) is 1.98. The molecule has 2 aromatic heterocycles. The van der Waals surface area contributed by atoms with E-state index >= 15 is 0 Å². The highest BCUT2D eigenvalue weighted by Gasteiger charge is 2.04. The summed E-state index contributed by atoms with van der Waals surface area (Å²) in [6.45, 7) is 2.08. The first-order chi connectivity index (χ1) is 8.22. The summed E-state index contributed by atoms with van der Waals surface area (Å²) in [5.74, 6) is 0. The van der Waals surface area contributed by atoms with Gasteiger partial charge in [-0.2, -0.15) is 0 Å². The largest absolute Gasteiger partial charge is 0.306 e. The molecular formula is C14H11BrN2. The minimum Gasteiger partial charge on any atom is -0.306 e. The van der Waals surface area contributed by atoms with Crippen molar-refractivity contribution in [3.8, 4) is 11.3 Å². The molecule has 0 bridgehead atoms. The van der Waals surface area contributed by atoms with E-state index in [4.69, 9.17) is 0 Å². The summed E-state index contributed by atoms with van der Waals surface area (Å²) in [4.78, 5) is 4.63. The van der Waals surface area contributed by atoms with Gasteiger partial charge < -0.3 is 4.40 Å². The van der Waals surface area contributed by atoms with Crippen molar-refractivity contribution in [2.45, 2.75) is 6.92 Å². The van der Waals surface area contributed by atoms with E-state index in [2.05, 4.69) is 58.3 Å². The van der Waals surface area contributed by atoms with E-state index in [0.717, 1.165) is 21.4 Å². The van der Waals surface area contributed by atoms with E-state index in [1.807, 2.05) is 22.7 Å². The zero-order valence-corrected chi connectivity index (χ0v) is 11.0. The van der Waals surface area contributed by atoms with Crippen LogP contribution in [0, 0.1) is 6.92 Å². The number of pyridine rings is 1. The molecule has 3 heteroatoms. The molecule has 0 unspecified atom stereocenters. The molecular weight excluding hydrogens is 276 g/mol. The molecule has 1 aromatic carbocycles. The second-order valence-electron chi connectivity index (χ2n) is 4.11. The maximum absolute atomic E-state index is 4.63. The van der Waals surface area contributed by atoms with E-state index < -0.39 is 0 Å². The molecule has 0 spiro atoms. The number of fused-ring (bicyclic) bond motifs is 1. The summed E-state index contributed by atoms with van der Waals surface area (Å²) in [7, 11) is 0. The highest BCUT2D eigenvalue weighted by molar-refractivity contribution is 9.10. The minimum atomic E-state index is 0.986. The summed E-state index contributed by atoms with van der Waals surface area (Å²) in [5.41, 5.74) is 4.33. The van der Waals surface area contributed by atoms with Gasteiger partial charge in [0, 0.05) is 22.4 Å². The van der Waals surface area contributed by atoms with Crippen LogP contribution >= 0.6 is 15.9 Å². The predicted molar refractivity (Wildman–Crippen MR) is 73.1 cm³/mol. The minimum absolute atomic E-state index is 0.986. The molecule has 17 heavy (non-hydrogen) atoms. The summed E-state index contributed by atoms with van der Waals surface area (Å²) < 4.78 is 3.12. The Balaban J connectivity index is 2.18. The van der Waals surface area contributed by atoms with Crippen molar-refractivity contribution >= 4 is 21.6 Å². The average molecular weight is 287 g/mol. The number of hydrogen-bond acceptors (Lipinski definition) is 1. The first-order valence-corrected chi connectivity index (χ1v) is 6.23. The van der Waals surface area contributed by atoms with Crippen molar-refractivity contribution in [1.82, 2.24) is 9.38 Å². The highest BCUT2D eigenvalue weighted by Crippen LogP contribution is 2.22. The summed E-state index contributed by atoms with van der Waals surface area (Å²) in [6.07, 6.45) is 4.09. The lowest BCUT2D eigenvalue weighted by Gasteiger charge is -1.95. The van der Waals surface area contributed by atoms with Crippen LogP contribution in [0.1, 0.15) is 5.56 Å². The van der Waals surface area contributed by atoms with Crippen LogP contribution in [0.2, 0.25) is 0 Å². The van der Waals surface area contributed by atoms with E-state index in [9.17, 15) is 0 Å². The first-order valence-electron chi connectivity index (χ1n) is 5.44.